The highest BCUT2D eigenvalue weighted by atomic mass is 16.3. The van der Waals surface area contributed by atoms with Crippen LogP contribution in [0, 0.1) is 0 Å². The molecule has 112 valence electrons. The Morgan fingerprint density at radius 3 is 2.45 bits per heavy atom. The van der Waals surface area contributed by atoms with Gasteiger partial charge in [-0.3, -0.25) is 4.79 Å². The monoisotopic (exact) mass is 278 g/mol. The number of aliphatic hydroxyl groups is 1. The molecule has 0 aliphatic carbocycles. The molecule has 0 aliphatic rings. The molecule has 1 atom stereocenters. The Hall–Kier alpha value is -1.55. The van der Waals surface area contributed by atoms with E-state index >= 15 is 0 Å². The van der Waals surface area contributed by atoms with Crippen molar-refractivity contribution in [2.24, 2.45) is 0 Å². The summed E-state index contributed by atoms with van der Waals surface area (Å²) in [5.41, 5.74) is 2.33. The molecular formula is C16H26N2O2. The lowest BCUT2D eigenvalue weighted by Crippen LogP contribution is -2.35. The molecule has 1 aromatic rings. The van der Waals surface area contributed by atoms with Crippen molar-refractivity contribution in [3.63, 3.8) is 0 Å². The minimum atomic E-state index is 0.0574. The van der Waals surface area contributed by atoms with E-state index in [1.165, 1.54) is 5.56 Å². The van der Waals surface area contributed by atoms with Crippen molar-refractivity contribution in [3.05, 3.63) is 29.8 Å². The van der Waals surface area contributed by atoms with Crippen molar-refractivity contribution >= 4 is 11.6 Å². The summed E-state index contributed by atoms with van der Waals surface area (Å²) in [7, 11) is 4.02. The van der Waals surface area contributed by atoms with Crippen LogP contribution in [0.3, 0.4) is 0 Å². The summed E-state index contributed by atoms with van der Waals surface area (Å²) in [5.74, 6) is 0.0574. The number of aliphatic hydroxyl groups excluding tert-OH is 1. The van der Waals surface area contributed by atoms with E-state index in [0.29, 0.717) is 12.8 Å². The van der Waals surface area contributed by atoms with Crippen molar-refractivity contribution in [2.75, 3.05) is 25.6 Å². The molecule has 1 rings (SSSR count). The maximum Gasteiger partial charge on any atom is 0.220 e. The minimum absolute atomic E-state index is 0.0574. The molecule has 0 aliphatic heterocycles. The topological polar surface area (TPSA) is 52.6 Å². The first-order valence-corrected chi connectivity index (χ1v) is 7.23. The standard InChI is InChI=1S/C16H26N2O2/c1-4-14(11-12-19)17-16(20)10-7-13-5-8-15(9-6-13)18(2)3/h5-6,8-9,14,19H,4,7,10-12H2,1-3H3,(H,17,20). The zero-order chi connectivity index (χ0) is 15.0. The molecule has 4 nitrogen and oxygen atoms in total. The summed E-state index contributed by atoms with van der Waals surface area (Å²) < 4.78 is 0. The van der Waals surface area contributed by atoms with Crippen molar-refractivity contribution in [2.45, 2.75) is 38.6 Å². The van der Waals surface area contributed by atoms with E-state index in [1.54, 1.807) is 0 Å². The fourth-order valence-electron chi connectivity index (χ4n) is 2.05. The molecule has 1 aromatic carbocycles. The van der Waals surface area contributed by atoms with Gasteiger partial charge in [0.1, 0.15) is 0 Å². The number of amides is 1. The van der Waals surface area contributed by atoms with Gasteiger partial charge in [0.15, 0.2) is 0 Å². The van der Waals surface area contributed by atoms with Gasteiger partial charge < -0.3 is 15.3 Å². The van der Waals surface area contributed by atoms with E-state index in [-0.39, 0.29) is 18.6 Å². The van der Waals surface area contributed by atoms with Crippen LogP contribution in [0.2, 0.25) is 0 Å². The van der Waals surface area contributed by atoms with Gasteiger partial charge in [-0.1, -0.05) is 19.1 Å². The third-order valence-corrected chi connectivity index (χ3v) is 3.43. The van der Waals surface area contributed by atoms with Crippen LogP contribution in [0.5, 0.6) is 0 Å². The van der Waals surface area contributed by atoms with E-state index in [9.17, 15) is 4.79 Å². The van der Waals surface area contributed by atoms with Gasteiger partial charge in [-0.25, -0.2) is 0 Å². The zero-order valence-electron chi connectivity index (χ0n) is 12.7. The second-order valence-electron chi connectivity index (χ2n) is 5.25. The molecule has 1 unspecified atom stereocenters. The van der Waals surface area contributed by atoms with E-state index in [0.717, 1.165) is 18.5 Å². The predicted molar refractivity (Wildman–Crippen MR) is 83.0 cm³/mol. The average molecular weight is 278 g/mol. The number of carbonyl (C=O) groups is 1. The lowest BCUT2D eigenvalue weighted by Gasteiger charge is -2.16. The van der Waals surface area contributed by atoms with Crippen LogP contribution in [-0.2, 0) is 11.2 Å². The van der Waals surface area contributed by atoms with E-state index in [2.05, 4.69) is 34.5 Å². The number of carbonyl (C=O) groups excluding carboxylic acids is 1. The van der Waals surface area contributed by atoms with Crippen LogP contribution < -0.4 is 10.2 Å². The number of hydrogen-bond donors (Lipinski definition) is 2. The Kier molecular flexibility index (Phi) is 7.09. The molecule has 0 saturated heterocycles. The van der Waals surface area contributed by atoms with Crippen molar-refractivity contribution in [1.29, 1.82) is 0 Å². The summed E-state index contributed by atoms with van der Waals surface area (Å²) in [6.45, 7) is 2.13. The average Bonchev–Trinajstić information content (AvgIpc) is 2.45. The van der Waals surface area contributed by atoms with Gasteiger partial charge in [0.2, 0.25) is 5.91 Å². The zero-order valence-corrected chi connectivity index (χ0v) is 12.7. The lowest BCUT2D eigenvalue weighted by molar-refractivity contribution is -0.121. The molecule has 0 spiro atoms. The summed E-state index contributed by atoms with van der Waals surface area (Å²) in [6, 6.07) is 8.34. The Morgan fingerprint density at radius 2 is 1.95 bits per heavy atom. The molecule has 0 saturated carbocycles. The highest BCUT2D eigenvalue weighted by molar-refractivity contribution is 5.76. The fraction of sp³-hybridized carbons (Fsp3) is 0.562. The Balaban J connectivity index is 2.40. The SMILES string of the molecule is CCC(CCO)NC(=O)CCc1ccc(N(C)C)cc1. The van der Waals surface area contributed by atoms with Crippen LogP contribution in [-0.4, -0.2) is 37.8 Å². The van der Waals surface area contributed by atoms with Crippen LogP contribution in [0.4, 0.5) is 5.69 Å². The largest absolute Gasteiger partial charge is 0.396 e. The molecule has 4 heteroatoms. The smallest absolute Gasteiger partial charge is 0.220 e. The number of hydrogen-bond acceptors (Lipinski definition) is 3. The van der Waals surface area contributed by atoms with Crippen LogP contribution in [0.25, 0.3) is 0 Å². The van der Waals surface area contributed by atoms with Gasteiger partial charge in [0, 0.05) is 38.9 Å². The van der Waals surface area contributed by atoms with Gasteiger partial charge in [0.05, 0.1) is 0 Å². The summed E-state index contributed by atoms with van der Waals surface area (Å²) in [4.78, 5) is 13.9. The van der Waals surface area contributed by atoms with Crippen molar-refractivity contribution in [3.8, 4) is 0 Å². The maximum atomic E-state index is 11.8. The van der Waals surface area contributed by atoms with Gasteiger partial charge in [-0.2, -0.15) is 0 Å². The number of rotatable bonds is 8. The molecule has 20 heavy (non-hydrogen) atoms. The summed E-state index contributed by atoms with van der Waals surface area (Å²) >= 11 is 0. The number of benzene rings is 1. The maximum absolute atomic E-state index is 11.8. The highest BCUT2D eigenvalue weighted by Crippen LogP contribution is 2.13. The van der Waals surface area contributed by atoms with Crippen LogP contribution >= 0.6 is 0 Å². The van der Waals surface area contributed by atoms with Gasteiger partial charge >= 0.3 is 0 Å². The fourth-order valence-corrected chi connectivity index (χ4v) is 2.05. The Bertz CT molecular complexity index is 401. The van der Waals surface area contributed by atoms with E-state index < -0.39 is 0 Å². The number of aryl methyl sites for hydroxylation is 1. The molecule has 0 fully saturated rings. The Morgan fingerprint density at radius 1 is 1.30 bits per heavy atom. The lowest BCUT2D eigenvalue weighted by atomic mass is 10.1. The molecule has 0 radical (unpaired) electrons. The van der Waals surface area contributed by atoms with E-state index in [1.807, 2.05) is 21.0 Å². The quantitative estimate of drug-likeness (QED) is 0.764. The molecule has 0 heterocycles. The molecule has 2 N–H and O–H groups in total. The van der Waals surface area contributed by atoms with Crippen molar-refractivity contribution < 1.29 is 9.90 Å². The highest BCUT2D eigenvalue weighted by Gasteiger charge is 2.09. The van der Waals surface area contributed by atoms with E-state index in [4.69, 9.17) is 5.11 Å². The molecular weight excluding hydrogens is 252 g/mol. The summed E-state index contributed by atoms with van der Waals surface area (Å²) in [5, 5.41) is 11.9. The summed E-state index contributed by atoms with van der Waals surface area (Å²) in [6.07, 6.45) is 2.71. The third-order valence-electron chi connectivity index (χ3n) is 3.43. The number of anilines is 1. The normalized spacial score (nSPS) is 12.0. The first-order chi connectivity index (χ1) is 9.56. The first kappa shape index (κ1) is 16.5. The van der Waals surface area contributed by atoms with Gasteiger partial charge in [-0.15, -0.1) is 0 Å². The third kappa shape index (κ3) is 5.61. The Labute approximate surface area is 121 Å². The molecule has 0 aromatic heterocycles. The second-order valence-corrected chi connectivity index (χ2v) is 5.25. The predicted octanol–water partition coefficient (Wildman–Crippen LogP) is 1.96. The molecule has 1 amide bonds. The first-order valence-electron chi connectivity index (χ1n) is 7.23. The van der Waals surface area contributed by atoms with Crippen LogP contribution in [0.15, 0.2) is 24.3 Å². The van der Waals surface area contributed by atoms with Gasteiger partial charge in [0.25, 0.3) is 0 Å². The second kappa shape index (κ2) is 8.59. The molecule has 0 bridgehead atoms. The van der Waals surface area contributed by atoms with Crippen molar-refractivity contribution in [1.82, 2.24) is 5.32 Å². The minimum Gasteiger partial charge on any atom is -0.396 e. The van der Waals surface area contributed by atoms with Gasteiger partial charge in [-0.05, 0) is 37.0 Å². The van der Waals surface area contributed by atoms with Crippen LogP contribution in [0.1, 0.15) is 31.7 Å². The number of nitrogens with one attached hydrogen (secondary N) is 1. The number of nitrogens with zero attached hydrogens (tertiary/aromatic N) is 1.